The van der Waals surface area contributed by atoms with E-state index in [0.717, 1.165) is 11.3 Å². The molecular formula is C21H19N5O2. The lowest BCUT2D eigenvalue weighted by Gasteiger charge is -2.07. The molecule has 0 fully saturated rings. The fourth-order valence-electron chi connectivity index (χ4n) is 3.18. The molecule has 2 aromatic carbocycles. The minimum atomic E-state index is -0.246. The molecule has 0 radical (unpaired) electrons. The van der Waals surface area contributed by atoms with Crippen molar-refractivity contribution in [2.24, 2.45) is 5.10 Å². The molecule has 1 N–H and O–H groups in total. The molecule has 2 heterocycles. The first-order valence-corrected chi connectivity index (χ1v) is 8.84. The van der Waals surface area contributed by atoms with Crippen LogP contribution in [0.15, 0.2) is 58.4 Å². The summed E-state index contributed by atoms with van der Waals surface area (Å²) in [4.78, 5) is 17.4. The summed E-state index contributed by atoms with van der Waals surface area (Å²) in [5.41, 5.74) is 3.02. The molecule has 0 bridgehead atoms. The molecule has 0 spiro atoms. The lowest BCUT2D eigenvalue weighted by Crippen LogP contribution is -2.21. The third-order valence-corrected chi connectivity index (χ3v) is 4.63. The molecule has 0 amide bonds. The monoisotopic (exact) mass is 373 g/mol. The topological polar surface area (TPSA) is 85.3 Å². The summed E-state index contributed by atoms with van der Waals surface area (Å²) in [7, 11) is 0. The Hall–Kier alpha value is -3.74. The summed E-state index contributed by atoms with van der Waals surface area (Å²) in [5, 5.41) is 19.8. The summed E-state index contributed by atoms with van der Waals surface area (Å²) in [6, 6.07) is 14.9. The fraction of sp³-hybridized carbons (Fsp3) is 0.143. The first-order valence-electron chi connectivity index (χ1n) is 8.84. The van der Waals surface area contributed by atoms with Crippen molar-refractivity contribution in [3.8, 4) is 11.6 Å². The van der Waals surface area contributed by atoms with Crippen LogP contribution in [0.1, 0.15) is 22.6 Å². The average Bonchev–Trinajstić information content (AvgIpc) is 2.96. The average molecular weight is 373 g/mol. The highest BCUT2D eigenvalue weighted by Gasteiger charge is 2.15. The van der Waals surface area contributed by atoms with Gasteiger partial charge in [-0.3, -0.25) is 4.79 Å². The molecular weight excluding hydrogens is 354 g/mol. The lowest BCUT2D eigenvalue weighted by atomic mass is 10.1. The van der Waals surface area contributed by atoms with Crippen molar-refractivity contribution in [1.29, 1.82) is 0 Å². The van der Waals surface area contributed by atoms with E-state index in [0.29, 0.717) is 28.0 Å². The molecule has 2 aromatic heterocycles. The van der Waals surface area contributed by atoms with Gasteiger partial charge in [0.15, 0.2) is 0 Å². The number of rotatable bonds is 3. The smallest absolute Gasteiger partial charge is 0.282 e. The van der Waals surface area contributed by atoms with E-state index >= 15 is 0 Å². The van der Waals surface area contributed by atoms with E-state index in [4.69, 9.17) is 0 Å². The number of aromatic nitrogens is 4. The summed E-state index contributed by atoms with van der Waals surface area (Å²) in [6.07, 6.45) is 1.44. The van der Waals surface area contributed by atoms with Gasteiger partial charge in [-0.25, -0.2) is 9.67 Å². The van der Waals surface area contributed by atoms with E-state index in [1.165, 1.54) is 15.6 Å². The maximum absolute atomic E-state index is 12.9. The second-order valence-corrected chi connectivity index (χ2v) is 6.56. The number of nitrogens with zero attached hydrogens (tertiary/aromatic N) is 5. The molecule has 0 saturated heterocycles. The van der Waals surface area contributed by atoms with Gasteiger partial charge in [0.05, 0.1) is 34.1 Å². The SMILES string of the molecule is Cc1nn(-c2ccccc2)c(O)c1/C=N/n1c(C)nc2cccc(C)c2c1=O. The standard InChI is InChI=1S/C21H19N5O2/c1-13-8-7-11-18-19(13)21(28)25(15(3)23-18)22-12-17-14(2)24-26(20(17)27)16-9-5-4-6-10-16/h4-12,27H,1-3H3/b22-12+. The van der Waals surface area contributed by atoms with Gasteiger partial charge in [0, 0.05) is 0 Å². The molecule has 0 atom stereocenters. The molecule has 0 unspecified atom stereocenters. The first kappa shape index (κ1) is 17.7. The van der Waals surface area contributed by atoms with Crippen LogP contribution in [-0.4, -0.2) is 30.8 Å². The van der Waals surface area contributed by atoms with Crippen molar-refractivity contribution < 1.29 is 5.11 Å². The van der Waals surface area contributed by atoms with Gasteiger partial charge in [-0.2, -0.15) is 14.9 Å². The predicted octanol–water partition coefficient (Wildman–Crippen LogP) is 3.10. The maximum Gasteiger partial charge on any atom is 0.282 e. The predicted molar refractivity (Wildman–Crippen MR) is 108 cm³/mol. The molecule has 0 saturated carbocycles. The second kappa shape index (κ2) is 6.77. The number of hydrogen-bond acceptors (Lipinski definition) is 5. The van der Waals surface area contributed by atoms with Gasteiger partial charge in [-0.1, -0.05) is 30.3 Å². The second-order valence-electron chi connectivity index (χ2n) is 6.56. The van der Waals surface area contributed by atoms with Gasteiger partial charge in [-0.05, 0) is 44.5 Å². The van der Waals surface area contributed by atoms with E-state index < -0.39 is 0 Å². The van der Waals surface area contributed by atoms with E-state index in [2.05, 4.69) is 15.2 Å². The van der Waals surface area contributed by atoms with Gasteiger partial charge >= 0.3 is 0 Å². The zero-order valence-corrected chi connectivity index (χ0v) is 15.8. The third-order valence-electron chi connectivity index (χ3n) is 4.63. The summed E-state index contributed by atoms with van der Waals surface area (Å²) >= 11 is 0. The maximum atomic E-state index is 12.9. The summed E-state index contributed by atoms with van der Waals surface area (Å²) < 4.78 is 2.68. The van der Waals surface area contributed by atoms with E-state index in [-0.39, 0.29) is 11.4 Å². The van der Waals surface area contributed by atoms with E-state index in [1.54, 1.807) is 13.8 Å². The normalized spacial score (nSPS) is 11.5. The van der Waals surface area contributed by atoms with Crippen LogP contribution in [0, 0.1) is 20.8 Å². The van der Waals surface area contributed by atoms with Gasteiger partial charge in [-0.15, -0.1) is 0 Å². The van der Waals surface area contributed by atoms with E-state index in [1.807, 2.05) is 55.5 Å². The number of aromatic hydroxyl groups is 1. The van der Waals surface area contributed by atoms with Gasteiger partial charge < -0.3 is 5.11 Å². The summed E-state index contributed by atoms with van der Waals surface area (Å²) in [6.45, 7) is 5.37. The van der Waals surface area contributed by atoms with Crippen LogP contribution < -0.4 is 5.56 Å². The van der Waals surface area contributed by atoms with E-state index in [9.17, 15) is 9.90 Å². The Bertz CT molecular complexity index is 1270. The van der Waals surface area contributed by atoms with Gasteiger partial charge in [0.2, 0.25) is 5.88 Å². The highest BCUT2D eigenvalue weighted by Crippen LogP contribution is 2.23. The lowest BCUT2D eigenvalue weighted by molar-refractivity contribution is 0.433. The highest BCUT2D eigenvalue weighted by molar-refractivity contribution is 5.85. The molecule has 4 aromatic rings. The number of hydrogen-bond donors (Lipinski definition) is 1. The molecule has 28 heavy (non-hydrogen) atoms. The van der Waals surface area contributed by atoms with Crippen LogP contribution in [0.4, 0.5) is 0 Å². The van der Waals surface area contributed by atoms with Gasteiger partial charge in [0.1, 0.15) is 5.82 Å². The molecule has 0 aliphatic heterocycles. The van der Waals surface area contributed by atoms with Crippen LogP contribution in [0.5, 0.6) is 5.88 Å². The van der Waals surface area contributed by atoms with Crippen LogP contribution >= 0.6 is 0 Å². The fourth-order valence-corrected chi connectivity index (χ4v) is 3.18. The number of benzene rings is 2. The Balaban J connectivity index is 1.82. The molecule has 4 rings (SSSR count). The summed E-state index contributed by atoms with van der Waals surface area (Å²) in [5.74, 6) is 0.426. The van der Waals surface area contributed by atoms with Crippen LogP contribution in [0.3, 0.4) is 0 Å². The van der Waals surface area contributed by atoms with Crippen LogP contribution in [0.25, 0.3) is 16.6 Å². The van der Waals surface area contributed by atoms with Crippen molar-refractivity contribution in [1.82, 2.24) is 19.4 Å². The third kappa shape index (κ3) is 2.87. The minimum absolute atomic E-state index is 0.0388. The van der Waals surface area contributed by atoms with Crippen LogP contribution in [-0.2, 0) is 0 Å². The number of fused-ring (bicyclic) bond motifs is 1. The zero-order valence-electron chi connectivity index (χ0n) is 15.8. The quantitative estimate of drug-likeness (QED) is 0.559. The molecule has 7 nitrogen and oxygen atoms in total. The first-order chi connectivity index (χ1) is 13.5. The molecule has 0 aliphatic carbocycles. The Morgan fingerprint density at radius 2 is 1.79 bits per heavy atom. The van der Waals surface area contributed by atoms with Crippen molar-refractivity contribution in [2.45, 2.75) is 20.8 Å². The van der Waals surface area contributed by atoms with Crippen molar-refractivity contribution in [3.63, 3.8) is 0 Å². The number of aryl methyl sites for hydroxylation is 3. The van der Waals surface area contributed by atoms with Crippen molar-refractivity contribution >= 4 is 17.1 Å². The highest BCUT2D eigenvalue weighted by atomic mass is 16.3. The molecule has 140 valence electrons. The molecule has 0 aliphatic rings. The largest absolute Gasteiger partial charge is 0.493 e. The van der Waals surface area contributed by atoms with Gasteiger partial charge in [0.25, 0.3) is 5.56 Å². The molecule has 7 heteroatoms. The Morgan fingerprint density at radius 3 is 2.54 bits per heavy atom. The minimum Gasteiger partial charge on any atom is -0.493 e. The Labute approximate surface area is 161 Å². The zero-order chi connectivity index (χ0) is 19.8. The van der Waals surface area contributed by atoms with Crippen molar-refractivity contribution in [2.75, 3.05) is 0 Å². The number of para-hydroxylation sites is 1. The van der Waals surface area contributed by atoms with Crippen LogP contribution in [0.2, 0.25) is 0 Å². The Kier molecular flexibility index (Phi) is 4.27. The Morgan fingerprint density at radius 1 is 1.04 bits per heavy atom. The van der Waals surface area contributed by atoms with Crippen molar-refractivity contribution in [3.05, 3.63) is 81.5 Å².